The molecule has 0 bridgehead atoms. The summed E-state index contributed by atoms with van der Waals surface area (Å²) in [6, 6.07) is 14.7. The number of ketones is 1. The second-order valence-electron chi connectivity index (χ2n) is 5.31. The molecule has 6 heteroatoms. The maximum Gasteiger partial charge on any atom is 0.363 e. The summed E-state index contributed by atoms with van der Waals surface area (Å²) < 4.78 is 0. The van der Waals surface area contributed by atoms with Crippen molar-refractivity contribution in [3.63, 3.8) is 0 Å². The van der Waals surface area contributed by atoms with Crippen molar-refractivity contribution < 1.29 is 24.3 Å². The van der Waals surface area contributed by atoms with Crippen LogP contribution < -0.4 is 0 Å². The molecule has 144 valence electrons. The van der Waals surface area contributed by atoms with E-state index in [2.05, 4.69) is 0 Å². The highest BCUT2D eigenvalue weighted by atomic mass is 16.7. The molecule has 1 amide bonds. The standard InChI is InChI=1S/C19H19NO5.C2H6/c1-2-6-17(22)20(13-21)25-19(24)16-11-9-15(10-12-16)18(23)14-7-4-3-5-8-14;1-2/h3-5,7-12,21H,2,6,13H2,1H3;1-2H3. The monoisotopic (exact) mass is 371 g/mol. The van der Waals surface area contributed by atoms with Gasteiger partial charge in [0.2, 0.25) is 0 Å². The van der Waals surface area contributed by atoms with E-state index in [4.69, 9.17) is 9.94 Å². The Balaban J connectivity index is 0.00000176. The van der Waals surface area contributed by atoms with Crippen molar-refractivity contribution in [3.05, 3.63) is 71.3 Å². The van der Waals surface area contributed by atoms with E-state index in [0.29, 0.717) is 22.6 Å². The average molecular weight is 371 g/mol. The Hall–Kier alpha value is -2.99. The molecule has 2 rings (SSSR count). The zero-order chi connectivity index (χ0) is 20.2. The fraction of sp³-hybridized carbons (Fsp3) is 0.286. The summed E-state index contributed by atoms with van der Waals surface area (Å²) in [6.07, 6.45) is 0.738. The summed E-state index contributed by atoms with van der Waals surface area (Å²) in [5.74, 6) is -1.41. The molecule has 0 atom stereocenters. The summed E-state index contributed by atoms with van der Waals surface area (Å²) >= 11 is 0. The van der Waals surface area contributed by atoms with Crippen LogP contribution in [0.2, 0.25) is 0 Å². The molecule has 0 spiro atoms. The lowest BCUT2D eigenvalue weighted by Crippen LogP contribution is -2.34. The highest BCUT2D eigenvalue weighted by molar-refractivity contribution is 6.09. The minimum atomic E-state index is -0.780. The van der Waals surface area contributed by atoms with Crippen molar-refractivity contribution in [3.8, 4) is 0 Å². The van der Waals surface area contributed by atoms with Gasteiger partial charge in [-0.15, -0.1) is 5.06 Å². The number of carbonyl (C=O) groups is 3. The van der Waals surface area contributed by atoms with Crippen molar-refractivity contribution >= 4 is 17.7 Å². The van der Waals surface area contributed by atoms with Gasteiger partial charge in [0.15, 0.2) is 12.5 Å². The Kier molecular flexibility index (Phi) is 9.47. The van der Waals surface area contributed by atoms with Crippen molar-refractivity contribution in [2.45, 2.75) is 33.6 Å². The van der Waals surface area contributed by atoms with E-state index in [1.165, 1.54) is 24.3 Å². The fourth-order valence-electron chi connectivity index (χ4n) is 2.16. The number of hydrogen-bond acceptors (Lipinski definition) is 5. The molecule has 2 aromatic rings. The van der Waals surface area contributed by atoms with Crippen molar-refractivity contribution in [2.24, 2.45) is 0 Å². The molecule has 0 aliphatic heterocycles. The Bertz CT molecular complexity index is 741. The smallest absolute Gasteiger partial charge is 0.363 e. The van der Waals surface area contributed by atoms with E-state index in [9.17, 15) is 14.4 Å². The number of amides is 1. The normalized spacial score (nSPS) is 9.63. The van der Waals surface area contributed by atoms with Crippen molar-refractivity contribution in [1.82, 2.24) is 5.06 Å². The minimum absolute atomic E-state index is 0.157. The molecule has 27 heavy (non-hydrogen) atoms. The van der Waals surface area contributed by atoms with Crippen LogP contribution in [-0.2, 0) is 9.63 Å². The van der Waals surface area contributed by atoms with E-state index >= 15 is 0 Å². The van der Waals surface area contributed by atoms with Gasteiger partial charge in [0, 0.05) is 17.5 Å². The number of aliphatic hydroxyl groups excluding tert-OH is 1. The van der Waals surface area contributed by atoms with Crippen LogP contribution >= 0.6 is 0 Å². The van der Waals surface area contributed by atoms with Gasteiger partial charge in [0.1, 0.15) is 0 Å². The summed E-state index contributed by atoms with van der Waals surface area (Å²) in [7, 11) is 0. The van der Waals surface area contributed by atoms with Gasteiger partial charge in [-0.25, -0.2) is 4.79 Å². The van der Waals surface area contributed by atoms with Crippen LogP contribution in [0.3, 0.4) is 0 Å². The molecule has 2 aromatic carbocycles. The first kappa shape index (κ1) is 22.1. The van der Waals surface area contributed by atoms with Crippen LogP contribution in [0.5, 0.6) is 0 Å². The molecular formula is C21H25NO5. The molecule has 6 nitrogen and oxygen atoms in total. The molecule has 0 radical (unpaired) electrons. The quantitative estimate of drug-likeness (QED) is 0.476. The third kappa shape index (κ3) is 6.34. The average Bonchev–Trinajstić information content (AvgIpc) is 2.73. The molecule has 0 saturated carbocycles. The Morgan fingerprint density at radius 3 is 1.93 bits per heavy atom. The van der Waals surface area contributed by atoms with E-state index in [-0.39, 0.29) is 17.8 Å². The third-order valence-electron chi connectivity index (χ3n) is 3.48. The van der Waals surface area contributed by atoms with Gasteiger partial charge in [-0.2, -0.15) is 0 Å². The van der Waals surface area contributed by atoms with Gasteiger partial charge in [0.25, 0.3) is 5.91 Å². The fourth-order valence-corrected chi connectivity index (χ4v) is 2.16. The van der Waals surface area contributed by atoms with Gasteiger partial charge in [-0.05, 0) is 18.6 Å². The highest BCUT2D eigenvalue weighted by Crippen LogP contribution is 2.12. The Morgan fingerprint density at radius 1 is 0.889 bits per heavy atom. The predicted octanol–water partition coefficient (Wildman–Crippen LogP) is 3.59. The number of hydrogen-bond donors (Lipinski definition) is 1. The molecular weight excluding hydrogens is 346 g/mol. The van der Waals surface area contributed by atoms with Gasteiger partial charge in [-0.1, -0.05) is 63.2 Å². The Labute approximate surface area is 159 Å². The molecule has 0 unspecified atom stereocenters. The zero-order valence-corrected chi connectivity index (χ0v) is 15.8. The van der Waals surface area contributed by atoms with Crippen LogP contribution in [0.15, 0.2) is 54.6 Å². The number of rotatable bonds is 6. The number of aliphatic hydroxyl groups is 1. The van der Waals surface area contributed by atoms with Crippen molar-refractivity contribution in [1.29, 1.82) is 0 Å². The lowest BCUT2D eigenvalue weighted by atomic mass is 10.0. The summed E-state index contributed by atoms with van der Waals surface area (Å²) in [4.78, 5) is 41.0. The minimum Gasteiger partial charge on any atom is -0.373 e. The second-order valence-corrected chi connectivity index (χ2v) is 5.31. The molecule has 0 aromatic heterocycles. The lowest BCUT2D eigenvalue weighted by Gasteiger charge is -2.18. The van der Waals surface area contributed by atoms with Gasteiger partial charge in [0.05, 0.1) is 5.56 Å². The van der Waals surface area contributed by atoms with Gasteiger partial charge in [-0.3, -0.25) is 9.59 Å². The van der Waals surface area contributed by atoms with Crippen LogP contribution in [0.1, 0.15) is 59.9 Å². The first-order valence-corrected chi connectivity index (χ1v) is 8.90. The molecule has 0 heterocycles. The highest BCUT2D eigenvalue weighted by Gasteiger charge is 2.19. The maximum absolute atomic E-state index is 12.3. The topological polar surface area (TPSA) is 83.9 Å². The van der Waals surface area contributed by atoms with Gasteiger partial charge >= 0.3 is 5.97 Å². The van der Waals surface area contributed by atoms with Crippen LogP contribution in [0.4, 0.5) is 0 Å². The third-order valence-corrected chi connectivity index (χ3v) is 3.48. The lowest BCUT2D eigenvalue weighted by molar-refractivity contribution is -0.182. The van der Waals surface area contributed by atoms with E-state index in [1.54, 1.807) is 31.2 Å². The van der Waals surface area contributed by atoms with E-state index in [0.717, 1.165) is 0 Å². The molecule has 0 fully saturated rings. The second kappa shape index (κ2) is 11.6. The Morgan fingerprint density at radius 2 is 1.41 bits per heavy atom. The van der Waals surface area contributed by atoms with Gasteiger partial charge < -0.3 is 9.94 Å². The predicted molar refractivity (Wildman–Crippen MR) is 102 cm³/mol. The number of carbonyl (C=O) groups excluding carboxylic acids is 3. The molecule has 0 saturated heterocycles. The largest absolute Gasteiger partial charge is 0.373 e. The maximum atomic E-state index is 12.3. The van der Waals surface area contributed by atoms with E-state index in [1.807, 2.05) is 19.9 Å². The molecule has 1 N–H and O–H groups in total. The summed E-state index contributed by atoms with van der Waals surface area (Å²) in [5, 5.41) is 9.76. The first-order chi connectivity index (χ1) is 13.1. The van der Waals surface area contributed by atoms with Crippen molar-refractivity contribution in [2.75, 3.05) is 6.73 Å². The van der Waals surface area contributed by atoms with Crippen LogP contribution in [0.25, 0.3) is 0 Å². The van der Waals surface area contributed by atoms with E-state index < -0.39 is 18.6 Å². The SMILES string of the molecule is CC.CCCC(=O)N(CO)OC(=O)c1ccc(C(=O)c2ccccc2)cc1. The van der Waals surface area contributed by atoms with Crippen LogP contribution in [0, 0.1) is 0 Å². The summed E-state index contributed by atoms with van der Waals surface area (Å²) in [6.45, 7) is 5.09. The first-order valence-electron chi connectivity index (χ1n) is 8.90. The summed E-state index contributed by atoms with van der Waals surface area (Å²) in [5.41, 5.74) is 1.16. The molecule has 0 aliphatic carbocycles. The number of nitrogens with zero attached hydrogens (tertiary/aromatic N) is 1. The van der Waals surface area contributed by atoms with Crippen LogP contribution in [-0.4, -0.2) is 34.6 Å². The number of hydroxylamine groups is 2. The number of benzene rings is 2. The molecule has 0 aliphatic rings. The zero-order valence-electron chi connectivity index (χ0n) is 15.8.